The second-order valence-corrected chi connectivity index (χ2v) is 6.00. The van der Waals surface area contributed by atoms with E-state index in [1.807, 2.05) is 62.4 Å². The molecule has 0 aliphatic carbocycles. The number of amides is 1. The smallest absolute Gasteiger partial charge is 0.277 e. The maximum atomic E-state index is 11.9. The van der Waals surface area contributed by atoms with Gasteiger partial charge in [0.15, 0.2) is 6.61 Å². The van der Waals surface area contributed by atoms with Gasteiger partial charge in [0.25, 0.3) is 5.91 Å². The van der Waals surface area contributed by atoms with Crippen molar-refractivity contribution >= 4 is 22.9 Å². The minimum Gasteiger partial charge on any atom is -0.507 e. The van der Waals surface area contributed by atoms with Gasteiger partial charge in [0, 0.05) is 5.56 Å². The largest absolute Gasteiger partial charge is 0.507 e. The number of nitrogens with one attached hydrogen (secondary N) is 1. The van der Waals surface area contributed by atoms with Gasteiger partial charge in [0.1, 0.15) is 11.5 Å². The van der Waals surface area contributed by atoms with Crippen LogP contribution in [-0.2, 0) is 4.79 Å². The number of ether oxygens (including phenoxy) is 1. The molecule has 0 aromatic heterocycles. The number of aryl methyl sites for hydroxylation is 1. The number of nitrogens with zero attached hydrogens (tertiary/aromatic N) is 1. The average Bonchev–Trinajstić information content (AvgIpc) is 2.65. The van der Waals surface area contributed by atoms with Crippen LogP contribution in [0.25, 0.3) is 10.8 Å². The molecule has 0 fully saturated rings. The van der Waals surface area contributed by atoms with Gasteiger partial charge in [-0.1, -0.05) is 42.5 Å². The lowest BCUT2D eigenvalue weighted by atomic mass is 10.0. The van der Waals surface area contributed by atoms with E-state index in [1.54, 1.807) is 6.07 Å². The van der Waals surface area contributed by atoms with Gasteiger partial charge in [-0.25, -0.2) is 5.43 Å². The molecule has 132 valence electrons. The number of fused-ring (bicyclic) bond motifs is 1. The normalized spacial score (nSPS) is 11.0. The van der Waals surface area contributed by atoms with Crippen molar-refractivity contribution in [3.8, 4) is 11.5 Å². The molecule has 3 rings (SSSR count). The zero-order valence-electron chi connectivity index (χ0n) is 14.7. The maximum Gasteiger partial charge on any atom is 0.277 e. The highest BCUT2D eigenvalue weighted by molar-refractivity contribution is 6.02. The van der Waals surface area contributed by atoms with Crippen LogP contribution in [0.15, 0.2) is 59.7 Å². The van der Waals surface area contributed by atoms with Crippen molar-refractivity contribution in [2.75, 3.05) is 6.61 Å². The molecular formula is C21H20N2O3. The monoisotopic (exact) mass is 348 g/mol. The van der Waals surface area contributed by atoms with E-state index in [0.717, 1.165) is 21.9 Å². The van der Waals surface area contributed by atoms with Gasteiger partial charge in [0.05, 0.1) is 6.21 Å². The van der Waals surface area contributed by atoms with Gasteiger partial charge >= 0.3 is 0 Å². The van der Waals surface area contributed by atoms with Crippen molar-refractivity contribution in [2.24, 2.45) is 5.10 Å². The Bertz CT molecular complexity index is 980. The Balaban J connectivity index is 1.65. The minimum atomic E-state index is -0.373. The summed E-state index contributed by atoms with van der Waals surface area (Å²) in [5.74, 6) is 0.408. The van der Waals surface area contributed by atoms with Crippen LogP contribution in [0.4, 0.5) is 0 Å². The first-order valence-corrected chi connectivity index (χ1v) is 8.28. The minimum absolute atomic E-state index is 0.105. The zero-order chi connectivity index (χ0) is 18.5. The van der Waals surface area contributed by atoms with Crippen molar-refractivity contribution in [1.29, 1.82) is 0 Å². The highest BCUT2D eigenvalue weighted by atomic mass is 16.5. The number of hydrogen-bond acceptors (Lipinski definition) is 4. The van der Waals surface area contributed by atoms with E-state index in [9.17, 15) is 9.90 Å². The molecule has 5 nitrogen and oxygen atoms in total. The number of hydrogen-bond donors (Lipinski definition) is 2. The summed E-state index contributed by atoms with van der Waals surface area (Å²) in [4.78, 5) is 11.9. The fourth-order valence-corrected chi connectivity index (χ4v) is 2.64. The molecule has 5 heteroatoms. The fourth-order valence-electron chi connectivity index (χ4n) is 2.64. The second-order valence-electron chi connectivity index (χ2n) is 6.00. The number of phenols is 1. The molecule has 0 aliphatic heterocycles. The lowest BCUT2D eigenvalue weighted by molar-refractivity contribution is -0.123. The standard InChI is InChI=1S/C21H20N2O3/c1-14-6-5-9-20(15(14)2)26-13-21(25)23-22-12-18-17-8-4-3-7-16(17)10-11-19(18)24/h3-12,24H,13H2,1-2H3,(H,23,25). The van der Waals surface area contributed by atoms with Crippen LogP contribution >= 0.6 is 0 Å². The van der Waals surface area contributed by atoms with Crippen molar-refractivity contribution in [2.45, 2.75) is 13.8 Å². The number of aromatic hydroxyl groups is 1. The van der Waals surface area contributed by atoms with E-state index in [-0.39, 0.29) is 18.3 Å². The van der Waals surface area contributed by atoms with E-state index < -0.39 is 0 Å². The third-order valence-corrected chi connectivity index (χ3v) is 4.24. The molecule has 26 heavy (non-hydrogen) atoms. The highest BCUT2D eigenvalue weighted by Crippen LogP contribution is 2.25. The quantitative estimate of drug-likeness (QED) is 0.546. The maximum absolute atomic E-state index is 11.9. The molecule has 0 atom stereocenters. The SMILES string of the molecule is Cc1cccc(OCC(=O)NN=Cc2c(O)ccc3ccccc23)c1C. The Morgan fingerprint density at radius 1 is 1.12 bits per heavy atom. The molecule has 0 bridgehead atoms. The van der Waals surface area contributed by atoms with E-state index in [1.165, 1.54) is 6.21 Å². The molecule has 3 aromatic rings. The topological polar surface area (TPSA) is 70.9 Å². The van der Waals surface area contributed by atoms with Gasteiger partial charge < -0.3 is 9.84 Å². The number of hydrazone groups is 1. The Kier molecular flexibility index (Phi) is 5.17. The molecule has 0 unspecified atom stereocenters. The summed E-state index contributed by atoms with van der Waals surface area (Å²) in [7, 11) is 0. The van der Waals surface area contributed by atoms with Gasteiger partial charge in [-0.2, -0.15) is 5.10 Å². The van der Waals surface area contributed by atoms with E-state index in [4.69, 9.17) is 4.74 Å². The Morgan fingerprint density at radius 3 is 2.77 bits per heavy atom. The summed E-state index contributed by atoms with van der Waals surface area (Å²) in [6.45, 7) is 3.80. The molecule has 0 radical (unpaired) electrons. The van der Waals surface area contributed by atoms with Crippen LogP contribution in [0.2, 0.25) is 0 Å². The Morgan fingerprint density at radius 2 is 1.92 bits per heavy atom. The number of phenolic OH excluding ortho intramolecular Hbond substituents is 1. The predicted molar refractivity (Wildman–Crippen MR) is 103 cm³/mol. The van der Waals surface area contributed by atoms with E-state index in [0.29, 0.717) is 11.3 Å². The first-order chi connectivity index (χ1) is 12.6. The molecule has 0 saturated heterocycles. The molecular weight excluding hydrogens is 328 g/mol. The van der Waals surface area contributed by atoms with Crippen molar-refractivity contribution < 1.29 is 14.6 Å². The van der Waals surface area contributed by atoms with Crippen LogP contribution in [0.5, 0.6) is 11.5 Å². The zero-order valence-corrected chi connectivity index (χ0v) is 14.7. The lowest BCUT2D eigenvalue weighted by Gasteiger charge is -2.09. The van der Waals surface area contributed by atoms with E-state index in [2.05, 4.69) is 10.5 Å². The predicted octanol–water partition coefficient (Wildman–Crippen LogP) is 3.69. The highest BCUT2D eigenvalue weighted by Gasteiger charge is 2.07. The number of benzene rings is 3. The average molecular weight is 348 g/mol. The summed E-state index contributed by atoms with van der Waals surface area (Å²) in [6.07, 6.45) is 1.44. The van der Waals surface area contributed by atoms with Gasteiger partial charge in [-0.15, -0.1) is 0 Å². The summed E-state index contributed by atoms with van der Waals surface area (Å²) in [5.41, 5.74) is 5.08. The molecule has 0 aliphatic rings. The molecule has 1 amide bonds. The number of rotatable bonds is 5. The van der Waals surface area contributed by atoms with Gasteiger partial charge in [0.2, 0.25) is 0 Å². The summed E-state index contributed by atoms with van der Waals surface area (Å²) in [6, 6.07) is 16.8. The van der Waals surface area contributed by atoms with Gasteiger partial charge in [-0.3, -0.25) is 4.79 Å². The molecule has 2 N–H and O–H groups in total. The summed E-state index contributed by atoms with van der Waals surface area (Å²) >= 11 is 0. The third kappa shape index (κ3) is 3.83. The van der Waals surface area contributed by atoms with Crippen LogP contribution in [-0.4, -0.2) is 23.8 Å². The summed E-state index contributed by atoms with van der Waals surface area (Å²) < 4.78 is 5.54. The fraction of sp³-hybridized carbons (Fsp3) is 0.143. The second kappa shape index (κ2) is 7.70. The number of carbonyl (C=O) groups excluding carboxylic acids is 1. The van der Waals surface area contributed by atoms with Crippen LogP contribution in [0.3, 0.4) is 0 Å². The lowest BCUT2D eigenvalue weighted by Crippen LogP contribution is -2.24. The van der Waals surface area contributed by atoms with Crippen LogP contribution in [0, 0.1) is 13.8 Å². The molecule has 0 saturated carbocycles. The Hall–Kier alpha value is -3.34. The van der Waals surface area contributed by atoms with E-state index >= 15 is 0 Å². The molecule has 0 heterocycles. The molecule has 3 aromatic carbocycles. The number of carbonyl (C=O) groups is 1. The van der Waals surface area contributed by atoms with Gasteiger partial charge in [-0.05, 0) is 47.9 Å². The van der Waals surface area contributed by atoms with Crippen molar-refractivity contribution in [1.82, 2.24) is 5.43 Å². The van der Waals surface area contributed by atoms with Crippen molar-refractivity contribution in [3.05, 3.63) is 71.3 Å². The van der Waals surface area contributed by atoms with Crippen molar-refractivity contribution in [3.63, 3.8) is 0 Å². The first-order valence-electron chi connectivity index (χ1n) is 8.28. The Labute approximate surface area is 151 Å². The molecule has 0 spiro atoms. The summed E-state index contributed by atoms with van der Waals surface area (Å²) in [5, 5.41) is 15.8. The van der Waals surface area contributed by atoms with Crippen LogP contribution in [0.1, 0.15) is 16.7 Å². The van der Waals surface area contributed by atoms with Crippen LogP contribution < -0.4 is 10.2 Å². The third-order valence-electron chi connectivity index (χ3n) is 4.24. The first kappa shape index (κ1) is 17.5.